The summed E-state index contributed by atoms with van der Waals surface area (Å²) in [5.41, 5.74) is 4.96. The van der Waals surface area contributed by atoms with E-state index in [1.165, 1.54) is 6.92 Å². The van der Waals surface area contributed by atoms with Gasteiger partial charge in [-0.05, 0) is 25.5 Å². The molecule has 2 N–H and O–H groups in total. The molecule has 1 atom stereocenters. The molecule has 0 heterocycles. The molecule has 3 nitrogen and oxygen atoms in total. The van der Waals surface area contributed by atoms with Gasteiger partial charge in [0.2, 0.25) is 0 Å². The van der Waals surface area contributed by atoms with Gasteiger partial charge < -0.3 is 10.5 Å². The van der Waals surface area contributed by atoms with Gasteiger partial charge in [0.1, 0.15) is 5.76 Å². The van der Waals surface area contributed by atoms with Crippen molar-refractivity contribution in [2.75, 3.05) is 7.11 Å². The molecule has 0 saturated carbocycles. The van der Waals surface area contributed by atoms with Crippen LogP contribution < -0.4 is 5.73 Å². The molecule has 0 aliphatic heterocycles. The first-order chi connectivity index (χ1) is 5.58. The smallest absolute Gasteiger partial charge is 0.153 e. The molecule has 1 rings (SSSR count). The number of methoxy groups -OCH3 is 1. The summed E-state index contributed by atoms with van der Waals surface area (Å²) < 4.78 is 4.97. The van der Waals surface area contributed by atoms with Gasteiger partial charge in [-0.15, -0.1) is 0 Å². The Labute approximate surface area is 71.9 Å². The van der Waals surface area contributed by atoms with Crippen molar-refractivity contribution in [3.8, 4) is 0 Å². The molecule has 0 bridgehead atoms. The molecule has 1 unspecified atom stereocenters. The summed E-state index contributed by atoms with van der Waals surface area (Å²) in [5, 5.41) is 0. The minimum absolute atomic E-state index is 0.0230. The number of carbonyl (C=O) groups is 1. The molecule has 0 aromatic carbocycles. The maximum atomic E-state index is 11.1. The monoisotopic (exact) mass is 167 g/mol. The lowest BCUT2D eigenvalue weighted by Crippen LogP contribution is -2.45. The Morgan fingerprint density at radius 1 is 1.75 bits per heavy atom. The van der Waals surface area contributed by atoms with Gasteiger partial charge in [0, 0.05) is 0 Å². The largest absolute Gasteiger partial charge is 0.497 e. The van der Waals surface area contributed by atoms with Gasteiger partial charge in [-0.25, -0.2) is 0 Å². The van der Waals surface area contributed by atoms with Crippen LogP contribution in [-0.4, -0.2) is 18.4 Å². The molecule has 0 aromatic rings. The third-order valence-electron chi connectivity index (χ3n) is 2.08. The summed E-state index contributed by atoms with van der Waals surface area (Å²) in [7, 11) is 1.59. The minimum Gasteiger partial charge on any atom is -0.497 e. The van der Waals surface area contributed by atoms with Crippen LogP contribution in [0.3, 0.4) is 0 Å². The highest BCUT2D eigenvalue weighted by Crippen LogP contribution is 2.19. The van der Waals surface area contributed by atoms with Crippen molar-refractivity contribution in [3.05, 3.63) is 24.0 Å². The highest BCUT2D eigenvalue weighted by atomic mass is 16.5. The van der Waals surface area contributed by atoms with Crippen molar-refractivity contribution in [3.63, 3.8) is 0 Å². The lowest BCUT2D eigenvalue weighted by Gasteiger charge is -2.24. The quantitative estimate of drug-likeness (QED) is 0.660. The first-order valence-electron chi connectivity index (χ1n) is 3.82. The molecule has 0 amide bonds. The van der Waals surface area contributed by atoms with Gasteiger partial charge in [0.25, 0.3) is 0 Å². The summed E-state index contributed by atoms with van der Waals surface area (Å²) in [6.07, 6.45) is 5.75. The number of carbonyl (C=O) groups excluding carboxylic acids is 1. The zero-order valence-electron chi connectivity index (χ0n) is 7.33. The highest BCUT2D eigenvalue weighted by molar-refractivity contribution is 5.88. The number of ether oxygens (including phenoxy) is 1. The van der Waals surface area contributed by atoms with Crippen LogP contribution in [0.5, 0.6) is 0 Å². The Morgan fingerprint density at radius 3 is 2.75 bits per heavy atom. The van der Waals surface area contributed by atoms with Crippen molar-refractivity contribution >= 4 is 5.78 Å². The molecular weight excluding hydrogens is 154 g/mol. The normalized spacial score (nSPS) is 28.1. The highest BCUT2D eigenvalue weighted by Gasteiger charge is 2.28. The SMILES string of the molecule is COC1=CCC(N)(C(C)=O)C=C1. The van der Waals surface area contributed by atoms with E-state index in [2.05, 4.69) is 0 Å². The average molecular weight is 167 g/mol. The van der Waals surface area contributed by atoms with Gasteiger partial charge in [0.15, 0.2) is 5.78 Å². The first kappa shape index (κ1) is 9.00. The Balaban J connectivity index is 2.76. The van der Waals surface area contributed by atoms with Crippen LogP contribution in [0.25, 0.3) is 0 Å². The predicted octanol–water partition coefficient (Wildman–Crippen LogP) is 0.763. The second-order valence-electron chi connectivity index (χ2n) is 2.94. The lowest BCUT2D eigenvalue weighted by molar-refractivity contribution is -0.120. The van der Waals surface area contributed by atoms with E-state index in [4.69, 9.17) is 10.5 Å². The Hall–Kier alpha value is -1.09. The Morgan fingerprint density at radius 2 is 2.42 bits per heavy atom. The first-order valence-corrected chi connectivity index (χ1v) is 3.82. The van der Waals surface area contributed by atoms with E-state index in [9.17, 15) is 4.79 Å². The van der Waals surface area contributed by atoms with Crippen LogP contribution in [0, 0.1) is 0 Å². The molecule has 3 heteroatoms. The maximum absolute atomic E-state index is 11.1. The van der Waals surface area contributed by atoms with Gasteiger partial charge in [-0.2, -0.15) is 0 Å². The predicted molar refractivity (Wildman–Crippen MR) is 46.4 cm³/mol. The summed E-state index contributed by atoms with van der Waals surface area (Å²) in [4.78, 5) is 11.1. The van der Waals surface area contributed by atoms with Crippen molar-refractivity contribution in [1.29, 1.82) is 0 Å². The van der Waals surface area contributed by atoms with E-state index < -0.39 is 5.54 Å². The maximum Gasteiger partial charge on any atom is 0.153 e. The van der Waals surface area contributed by atoms with Crippen molar-refractivity contribution in [2.45, 2.75) is 18.9 Å². The van der Waals surface area contributed by atoms with Crippen LogP contribution in [0.15, 0.2) is 24.0 Å². The summed E-state index contributed by atoms with van der Waals surface area (Å²) in [5.74, 6) is 0.738. The average Bonchev–Trinajstić information content (AvgIpc) is 2.06. The van der Waals surface area contributed by atoms with E-state index in [0.717, 1.165) is 5.76 Å². The standard InChI is InChI=1S/C9H13NO2/c1-7(11)9(10)5-3-8(12-2)4-6-9/h3-5H,6,10H2,1-2H3. The topological polar surface area (TPSA) is 52.3 Å². The van der Waals surface area contributed by atoms with Gasteiger partial charge in [-0.3, -0.25) is 4.79 Å². The zero-order chi connectivity index (χ0) is 9.19. The van der Waals surface area contributed by atoms with E-state index in [1.54, 1.807) is 19.3 Å². The van der Waals surface area contributed by atoms with Crippen molar-refractivity contribution in [2.24, 2.45) is 5.73 Å². The van der Waals surface area contributed by atoms with Crippen LogP contribution >= 0.6 is 0 Å². The number of nitrogens with two attached hydrogens (primary N) is 1. The van der Waals surface area contributed by atoms with Crippen LogP contribution in [0.1, 0.15) is 13.3 Å². The number of Topliss-reactive ketones (excluding diaryl/α,β-unsaturated/α-hetero) is 1. The molecule has 1 aliphatic carbocycles. The number of allylic oxidation sites excluding steroid dienone is 1. The third kappa shape index (κ3) is 1.56. The number of rotatable bonds is 2. The molecule has 66 valence electrons. The minimum atomic E-state index is -0.817. The zero-order valence-corrected chi connectivity index (χ0v) is 7.33. The van der Waals surface area contributed by atoms with E-state index in [0.29, 0.717) is 6.42 Å². The van der Waals surface area contributed by atoms with Gasteiger partial charge in [-0.1, -0.05) is 6.08 Å². The fraction of sp³-hybridized carbons (Fsp3) is 0.444. The Bertz CT molecular complexity index is 255. The van der Waals surface area contributed by atoms with E-state index in [-0.39, 0.29) is 5.78 Å². The second kappa shape index (κ2) is 3.11. The van der Waals surface area contributed by atoms with E-state index in [1.807, 2.05) is 6.08 Å². The number of hydrogen-bond donors (Lipinski definition) is 1. The second-order valence-corrected chi connectivity index (χ2v) is 2.94. The van der Waals surface area contributed by atoms with Crippen LogP contribution in [-0.2, 0) is 9.53 Å². The van der Waals surface area contributed by atoms with Crippen molar-refractivity contribution < 1.29 is 9.53 Å². The molecule has 0 radical (unpaired) electrons. The third-order valence-corrected chi connectivity index (χ3v) is 2.08. The van der Waals surface area contributed by atoms with Gasteiger partial charge in [0.05, 0.1) is 12.6 Å². The fourth-order valence-corrected chi connectivity index (χ4v) is 1.05. The summed E-state index contributed by atoms with van der Waals surface area (Å²) in [6, 6.07) is 0. The molecule has 0 spiro atoms. The molecule has 0 fully saturated rings. The number of ketones is 1. The molecule has 12 heavy (non-hydrogen) atoms. The molecule has 1 aliphatic rings. The molecular formula is C9H13NO2. The molecule has 0 aromatic heterocycles. The van der Waals surface area contributed by atoms with Crippen molar-refractivity contribution in [1.82, 2.24) is 0 Å². The molecule has 0 saturated heterocycles. The fourth-order valence-electron chi connectivity index (χ4n) is 1.05. The van der Waals surface area contributed by atoms with E-state index >= 15 is 0 Å². The summed E-state index contributed by atoms with van der Waals surface area (Å²) >= 11 is 0. The van der Waals surface area contributed by atoms with Gasteiger partial charge >= 0.3 is 0 Å². The lowest BCUT2D eigenvalue weighted by atomic mass is 9.88. The van der Waals surface area contributed by atoms with Crippen LogP contribution in [0.2, 0.25) is 0 Å². The summed E-state index contributed by atoms with van der Waals surface area (Å²) in [6.45, 7) is 1.50. The Kier molecular flexibility index (Phi) is 2.33. The van der Waals surface area contributed by atoms with Crippen LogP contribution in [0.4, 0.5) is 0 Å². The number of hydrogen-bond acceptors (Lipinski definition) is 3.